The molecule has 0 unspecified atom stereocenters. The van der Waals surface area contributed by atoms with Crippen LogP contribution >= 0.6 is 11.6 Å². The third-order valence-electron chi connectivity index (χ3n) is 8.15. The van der Waals surface area contributed by atoms with Crippen LogP contribution in [0.3, 0.4) is 0 Å². The predicted molar refractivity (Wildman–Crippen MR) is 182 cm³/mol. The Bertz CT molecular complexity index is 1410. The summed E-state index contributed by atoms with van der Waals surface area (Å²) in [5, 5.41) is 17.3. The molecule has 290 valence electrons. The van der Waals surface area contributed by atoms with Gasteiger partial charge in [0.25, 0.3) is 5.91 Å². The summed E-state index contributed by atoms with van der Waals surface area (Å²) in [4.78, 5) is 88.8. The Morgan fingerprint density at radius 3 is 2.13 bits per heavy atom. The van der Waals surface area contributed by atoms with Crippen LogP contribution < -0.4 is 10.6 Å². The van der Waals surface area contributed by atoms with E-state index >= 15 is 0 Å². The molecule has 1 saturated heterocycles. The predicted octanol–water partition coefficient (Wildman–Crippen LogP) is 1.87. The van der Waals surface area contributed by atoms with Gasteiger partial charge >= 0.3 is 29.8 Å². The Kier molecular flexibility index (Phi) is 18.0. The molecule has 1 fully saturated rings. The van der Waals surface area contributed by atoms with Gasteiger partial charge in [-0.05, 0) is 24.1 Å². The van der Waals surface area contributed by atoms with E-state index in [-0.39, 0.29) is 12.8 Å². The molecule has 1 aromatic carbocycles. The highest BCUT2D eigenvalue weighted by atomic mass is 35.5. The van der Waals surface area contributed by atoms with Gasteiger partial charge in [0, 0.05) is 39.1 Å². The molecule has 7 atom stereocenters. The zero-order valence-electron chi connectivity index (χ0n) is 30.3. The highest BCUT2D eigenvalue weighted by Crippen LogP contribution is 2.39. The molecule has 0 aliphatic carbocycles. The zero-order chi connectivity index (χ0) is 39.0. The van der Waals surface area contributed by atoms with Crippen LogP contribution in [0.2, 0.25) is 5.02 Å². The van der Waals surface area contributed by atoms with Crippen LogP contribution in [0.15, 0.2) is 24.3 Å². The summed E-state index contributed by atoms with van der Waals surface area (Å²) in [6.45, 7) is 5.00. The van der Waals surface area contributed by atoms with E-state index in [1.54, 1.807) is 24.3 Å². The molecule has 1 aliphatic rings. The smallest absolute Gasteiger partial charge is 0.341 e. The summed E-state index contributed by atoms with van der Waals surface area (Å²) in [5.41, 5.74) is -1.66. The molecule has 52 heavy (non-hydrogen) atoms. The maximum absolute atomic E-state index is 13.7. The van der Waals surface area contributed by atoms with Crippen LogP contribution in [-0.4, -0.2) is 109 Å². The molecule has 1 aliphatic heterocycles. The molecule has 16 nitrogen and oxygen atoms in total. The third-order valence-corrected chi connectivity index (χ3v) is 8.40. The first kappa shape index (κ1) is 43.9. The Morgan fingerprint density at radius 1 is 0.923 bits per heavy atom. The number of benzene rings is 1. The standard InChI is InChI=1S/C35H49ClN2O14/c1-7-8-9-10-11-28(43)35(34(46)47-6)17-26(49-21(3)40)31(38-30(45)19-48-20(2)39)33(52-35)32(51-23(5)42)27(50-22(4)41)18-37-29(44)16-24-12-14-25(36)15-13-24/h12-15,26-28,31-33,43H,7-11,16-19H2,1-6H3,(H,37,44)(H,38,45)/t26-,27+,28-,31+,32+,33+,35-/m0/s1. The van der Waals surface area contributed by atoms with Crippen molar-refractivity contribution in [1.82, 2.24) is 10.6 Å². The summed E-state index contributed by atoms with van der Waals surface area (Å²) >= 11 is 5.95. The minimum atomic E-state index is -2.26. The SMILES string of the molecule is CCCCCC[C@H](O)[C@]1(C(=O)OC)C[C@H](OC(C)=O)[C@@H](NC(=O)COC(C)=O)[C@H]([C@H](OC(C)=O)[C@@H](CNC(=O)Cc2ccc(Cl)cc2)OC(C)=O)O1. The number of aliphatic hydroxyl groups is 1. The lowest BCUT2D eigenvalue weighted by Gasteiger charge is -2.50. The molecule has 0 aromatic heterocycles. The maximum atomic E-state index is 13.7. The number of nitrogens with one attached hydrogen (secondary N) is 2. The number of carbonyl (C=O) groups excluding carboxylic acids is 7. The Hall–Kier alpha value is -4.28. The minimum absolute atomic E-state index is 0.0322. The lowest BCUT2D eigenvalue weighted by molar-refractivity contribution is -0.259. The van der Waals surface area contributed by atoms with Crippen molar-refractivity contribution >= 4 is 53.3 Å². The third kappa shape index (κ3) is 13.7. The number of carbonyl (C=O) groups is 7. The second-order valence-corrected chi connectivity index (χ2v) is 12.8. The van der Waals surface area contributed by atoms with Crippen LogP contribution in [-0.2, 0) is 68.4 Å². The minimum Gasteiger partial charge on any atom is -0.467 e. The maximum Gasteiger partial charge on any atom is 0.341 e. The summed E-state index contributed by atoms with van der Waals surface area (Å²) in [5.74, 6) is -5.92. The molecule has 0 saturated carbocycles. The molecule has 1 aromatic rings. The first-order valence-corrected chi connectivity index (χ1v) is 17.3. The molecular formula is C35H49ClN2O14. The number of halogens is 1. The summed E-state index contributed by atoms with van der Waals surface area (Å²) in [6, 6.07) is 5.00. The molecule has 0 spiro atoms. The van der Waals surface area contributed by atoms with Gasteiger partial charge < -0.3 is 44.2 Å². The monoisotopic (exact) mass is 756 g/mol. The number of amides is 2. The van der Waals surface area contributed by atoms with Gasteiger partial charge in [-0.25, -0.2) is 4.79 Å². The first-order valence-electron chi connectivity index (χ1n) is 16.9. The number of unbranched alkanes of at least 4 members (excludes halogenated alkanes) is 3. The van der Waals surface area contributed by atoms with Crippen molar-refractivity contribution in [2.75, 3.05) is 20.3 Å². The second-order valence-electron chi connectivity index (χ2n) is 12.4. The average Bonchev–Trinajstić information content (AvgIpc) is 3.07. The van der Waals surface area contributed by atoms with Crippen LogP contribution in [0.5, 0.6) is 0 Å². The largest absolute Gasteiger partial charge is 0.467 e. The highest BCUT2D eigenvalue weighted by molar-refractivity contribution is 6.30. The van der Waals surface area contributed by atoms with Crippen molar-refractivity contribution in [2.24, 2.45) is 0 Å². The molecule has 17 heteroatoms. The number of aliphatic hydroxyl groups excluding tert-OH is 1. The normalized spacial score (nSPS) is 21.3. The number of hydrogen-bond acceptors (Lipinski definition) is 14. The van der Waals surface area contributed by atoms with Gasteiger partial charge in [-0.3, -0.25) is 28.8 Å². The van der Waals surface area contributed by atoms with Gasteiger partial charge in [0.2, 0.25) is 5.91 Å². The fourth-order valence-electron chi connectivity index (χ4n) is 5.87. The topological polar surface area (TPSA) is 219 Å². The van der Waals surface area contributed by atoms with E-state index in [9.17, 15) is 38.7 Å². The van der Waals surface area contributed by atoms with Gasteiger partial charge in [-0.2, -0.15) is 0 Å². The second kappa shape index (κ2) is 21.3. The van der Waals surface area contributed by atoms with E-state index in [4.69, 9.17) is 40.0 Å². The van der Waals surface area contributed by atoms with Gasteiger partial charge in [0.05, 0.1) is 32.2 Å². The van der Waals surface area contributed by atoms with Gasteiger partial charge in [0.1, 0.15) is 12.2 Å². The Morgan fingerprint density at radius 2 is 1.58 bits per heavy atom. The molecule has 2 rings (SSSR count). The molecule has 3 N–H and O–H groups in total. The van der Waals surface area contributed by atoms with E-state index in [2.05, 4.69) is 10.6 Å². The highest BCUT2D eigenvalue weighted by Gasteiger charge is 2.61. The molecule has 0 bridgehead atoms. The van der Waals surface area contributed by atoms with Crippen LogP contribution in [0.25, 0.3) is 0 Å². The van der Waals surface area contributed by atoms with Crippen molar-refractivity contribution in [2.45, 2.75) is 122 Å². The van der Waals surface area contributed by atoms with Crippen molar-refractivity contribution in [3.05, 3.63) is 34.9 Å². The van der Waals surface area contributed by atoms with Gasteiger partial charge in [0.15, 0.2) is 24.4 Å². The van der Waals surface area contributed by atoms with Crippen molar-refractivity contribution < 1.29 is 67.1 Å². The quantitative estimate of drug-likeness (QED) is 0.104. The average molecular weight is 757 g/mol. The Labute approximate surface area is 307 Å². The molecule has 2 amide bonds. The van der Waals surface area contributed by atoms with E-state index in [1.807, 2.05) is 6.92 Å². The number of esters is 5. The first-order chi connectivity index (χ1) is 24.5. The van der Waals surface area contributed by atoms with Gasteiger partial charge in [-0.15, -0.1) is 0 Å². The lowest BCUT2D eigenvalue weighted by atomic mass is 9.79. The van der Waals surface area contributed by atoms with Crippen LogP contribution in [0.1, 0.15) is 78.7 Å². The number of ether oxygens (including phenoxy) is 6. The van der Waals surface area contributed by atoms with Crippen molar-refractivity contribution in [1.29, 1.82) is 0 Å². The lowest BCUT2D eigenvalue weighted by Crippen LogP contribution is -2.71. The number of rotatable bonds is 19. The molecule has 0 radical (unpaired) electrons. The van der Waals surface area contributed by atoms with E-state index < -0.39 is 103 Å². The summed E-state index contributed by atoms with van der Waals surface area (Å²) in [6.07, 6.45) is -5.75. The van der Waals surface area contributed by atoms with E-state index in [0.29, 0.717) is 23.4 Å². The van der Waals surface area contributed by atoms with E-state index in [1.165, 1.54) is 0 Å². The number of methoxy groups -OCH3 is 1. The van der Waals surface area contributed by atoms with Crippen LogP contribution in [0, 0.1) is 0 Å². The molecular weight excluding hydrogens is 708 g/mol. The number of hydrogen-bond donors (Lipinski definition) is 3. The summed E-state index contributed by atoms with van der Waals surface area (Å²) < 4.78 is 33.1. The summed E-state index contributed by atoms with van der Waals surface area (Å²) in [7, 11) is 1.06. The van der Waals surface area contributed by atoms with Gasteiger partial charge in [-0.1, -0.05) is 56.3 Å². The zero-order valence-corrected chi connectivity index (χ0v) is 31.0. The Balaban J connectivity index is 2.70. The van der Waals surface area contributed by atoms with Crippen molar-refractivity contribution in [3.63, 3.8) is 0 Å². The molecule has 1 heterocycles. The van der Waals surface area contributed by atoms with E-state index in [0.717, 1.165) is 47.6 Å². The van der Waals surface area contributed by atoms with Crippen molar-refractivity contribution in [3.8, 4) is 0 Å². The fourth-order valence-corrected chi connectivity index (χ4v) is 6.00. The van der Waals surface area contributed by atoms with Crippen LogP contribution in [0.4, 0.5) is 0 Å². The fraction of sp³-hybridized carbons (Fsp3) is 0.629.